The number of esters is 1. The summed E-state index contributed by atoms with van der Waals surface area (Å²) in [5, 5.41) is 2.75. The van der Waals surface area contributed by atoms with Gasteiger partial charge in [-0.15, -0.1) is 0 Å². The molecule has 0 saturated heterocycles. The van der Waals surface area contributed by atoms with Crippen LogP contribution in [-0.2, 0) is 16.1 Å². The highest BCUT2D eigenvalue weighted by molar-refractivity contribution is 6.02. The van der Waals surface area contributed by atoms with Crippen LogP contribution >= 0.6 is 0 Å². The van der Waals surface area contributed by atoms with E-state index >= 15 is 0 Å². The molecule has 6 heteroatoms. The standard InChI is InChI=1S/C21H25NO5/c1-2-25-21(24)15-8-10-16(11-9-15)22-20(23)19-13-12-18(27-19)14-26-17-6-4-3-5-7-17/h8-13,17H,2-7,14H2,1H3,(H,22,23). The second kappa shape index (κ2) is 9.37. The third-order valence-electron chi connectivity index (χ3n) is 4.55. The van der Waals surface area contributed by atoms with Crippen LogP contribution < -0.4 is 5.32 Å². The van der Waals surface area contributed by atoms with Gasteiger partial charge in [-0.05, 0) is 56.2 Å². The van der Waals surface area contributed by atoms with Crippen molar-refractivity contribution in [3.8, 4) is 0 Å². The monoisotopic (exact) mass is 371 g/mol. The predicted octanol–water partition coefficient (Wildman–Crippen LogP) is 4.56. The molecule has 0 unspecified atom stereocenters. The fraction of sp³-hybridized carbons (Fsp3) is 0.429. The number of anilines is 1. The number of furan rings is 1. The van der Waals surface area contributed by atoms with E-state index in [-0.39, 0.29) is 17.6 Å². The molecule has 1 N–H and O–H groups in total. The summed E-state index contributed by atoms with van der Waals surface area (Å²) in [6.45, 7) is 2.46. The summed E-state index contributed by atoms with van der Waals surface area (Å²) in [4.78, 5) is 24.0. The second-order valence-electron chi connectivity index (χ2n) is 6.59. The van der Waals surface area contributed by atoms with Crippen molar-refractivity contribution in [3.05, 3.63) is 53.5 Å². The van der Waals surface area contributed by atoms with E-state index < -0.39 is 0 Å². The number of hydrogen-bond acceptors (Lipinski definition) is 5. The van der Waals surface area contributed by atoms with E-state index in [9.17, 15) is 9.59 Å². The van der Waals surface area contributed by atoms with Gasteiger partial charge in [0.2, 0.25) is 0 Å². The molecule has 6 nitrogen and oxygen atoms in total. The van der Waals surface area contributed by atoms with Crippen LogP contribution in [0.5, 0.6) is 0 Å². The Labute approximate surface area is 158 Å². The van der Waals surface area contributed by atoms with Gasteiger partial charge in [-0.3, -0.25) is 4.79 Å². The van der Waals surface area contributed by atoms with Crippen LogP contribution in [0.2, 0.25) is 0 Å². The van der Waals surface area contributed by atoms with Crippen LogP contribution in [0.25, 0.3) is 0 Å². The fourth-order valence-electron chi connectivity index (χ4n) is 3.11. The van der Waals surface area contributed by atoms with Gasteiger partial charge in [-0.25, -0.2) is 4.79 Å². The van der Waals surface area contributed by atoms with Gasteiger partial charge in [0.25, 0.3) is 5.91 Å². The van der Waals surface area contributed by atoms with Crippen molar-refractivity contribution in [2.45, 2.75) is 51.7 Å². The minimum atomic E-state index is -0.385. The third kappa shape index (κ3) is 5.44. The summed E-state index contributed by atoms with van der Waals surface area (Å²) in [6, 6.07) is 9.93. The number of hydrogen-bond donors (Lipinski definition) is 1. The SMILES string of the molecule is CCOC(=O)c1ccc(NC(=O)c2ccc(COC3CCCCC3)o2)cc1. The molecular formula is C21H25NO5. The Morgan fingerprint density at radius 1 is 1.07 bits per heavy atom. The van der Waals surface area contributed by atoms with Gasteiger partial charge in [0.05, 0.1) is 18.3 Å². The van der Waals surface area contributed by atoms with E-state index in [0.717, 1.165) is 12.8 Å². The van der Waals surface area contributed by atoms with E-state index in [2.05, 4.69) is 5.32 Å². The Balaban J connectivity index is 1.52. The number of nitrogens with one attached hydrogen (secondary N) is 1. The summed E-state index contributed by atoms with van der Waals surface area (Å²) in [5.41, 5.74) is 1.01. The van der Waals surface area contributed by atoms with Gasteiger partial charge < -0.3 is 19.2 Å². The lowest BCUT2D eigenvalue weighted by molar-refractivity contribution is 0.00849. The molecule has 1 saturated carbocycles. The lowest BCUT2D eigenvalue weighted by Gasteiger charge is -2.21. The lowest BCUT2D eigenvalue weighted by Crippen LogP contribution is -2.16. The van der Waals surface area contributed by atoms with Crippen LogP contribution in [0, 0.1) is 0 Å². The zero-order valence-electron chi connectivity index (χ0n) is 15.5. The lowest BCUT2D eigenvalue weighted by atomic mass is 9.98. The highest BCUT2D eigenvalue weighted by atomic mass is 16.5. The highest BCUT2D eigenvalue weighted by Gasteiger charge is 2.16. The maximum Gasteiger partial charge on any atom is 0.338 e. The molecule has 0 radical (unpaired) electrons. The Morgan fingerprint density at radius 2 is 1.81 bits per heavy atom. The summed E-state index contributed by atoms with van der Waals surface area (Å²) >= 11 is 0. The number of carbonyl (C=O) groups excluding carboxylic acids is 2. The van der Waals surface area contributed by atoms with Crippen LogP contribution in [0.4, 0.5) is 5.69 Å². The molecule has 2 aromatic rings. The number of ether oxygens (including phenoxy) is 2. The Hall–Kier alpha value is -2.60. The third-order valence-corrected chi connectivity index (χ3v) is 4.55. The molecule has 27 heavy (non-hydrogen) atoms. The van der Waals surface area contributed by atoms with Crippen molar-refractivity contribution in [2.75, 3.05) is 11.9 Å². The van der Waals surface area contributed by atoms with Gasteiger partial charge >= 0.3 is 5.97 Å². The summed E-state index contributed by atoms with van der Waals surface area (Å²) in [7, 11) is 0. The topological polar surface area (TPSA) is 77.8 Å². The first-order chi connectivity index (χ1) is 13.2. The maximum absolute atomic E-state index is 12.3. The predicted molar refractivity (Wildman–Crippen MR) is 101 cm³/mol. The van der Waals surface area contributed by atoms with Gasteiger partial charge in [0.15, 0.2) is 5.76 Å². The molecule has 3 rings (SSSR count). The van der Waals surface area contributed by atoms with Gasteiger partial charge in [-0.1, -0.05) is 19.3 Å². The van der Waals surface area contributed by atoms with E-state index in [1.165, 1.54) is 19.3 Å². The zero-order chi connectivity index (χ0) is 19.1. The number of benzene rings is 1. The quantitative estimate of drug-likeness (QED) is 0.722. The highest BCUT2D eigenvalue weighted by Crippen LogP contribution is 2.22. The molecule has 1 aromatic heterocycles. The van der Waals surface area contributed by atoms with Crippen molar-refractivity contribution >= 4 is 17.6 Å². The molecule has 0 spiro atoms. The molecule has 1 fully saturated rings. The average molecular weight is 371 g/mol. The van der Waals surface area contributed by atoms with Gasteiger partial charge in [0, 0.05) is 5.69 Å². The van der Waals surface area contributed by atoms with Gasteiger partial charge in [-0.2, -0.15) is 0 Å². The molecule has 0 atom stereocenters. The first-order valence-corrected chi connectivity index (χ1v) is 9.44. The van der Waals surface area contributed by atoms with Crippen LogP contribution in [0.3, 0.4) is 0 Å². The fourth-order valence-corrected chi connectivity index (χ4v) is 3.11. The smallest absolute Gasteiger partial charge is 0.338 e. The van der Waals surface area contributed by atoms with Gasteiger partial charge in [0.1, 0.15) is 12.4 Å². The van der Waals surface area contributed by atoms with E-state index in [1.54, 1.807) is 43.3 Å². The largest absolute Gasteiger partial charge is 0.462 e. The zero-order valence-corrected chi connectivity index (χ0v) is 15.5. The number of carbonyl (C=O) groups is 2. The molecule has 1 aromatic carbocycles. The minimum absolute atomic E-state index is 0.228. The van der Waals surface area contributed by atoms with Crippen molar-refractivity contribution in [1.29, 1.82) is 0 Å². The van der Waals surface area contributed by atoms with Crippen molar-refractivity contribution in [1.82, 2.24) is 0 Å². The van der Waals surface area contributed by atoms with Crippen LogP contribution in [-0.4, -0.2) is 24.6 Å². The first kappa shape index (κ1) is 19.2. The van der Waals surface area contributed by atoms with E-state index in [4.69, 9.17) is 13.9 Å². The van der Waals surface area contributed by atoms with Crippen LogP contribution in [0.15, 0.2) is 40.8 Å². The van der Waals surface area contributed by atoms with Crippen molar-refractivity contribution < 1.29 is 23.5 Å². The molecule has 1 heterocycles. The average Bonchev–Trinajstić information content (AvgIpc) is 3.17. The van der Waals surface area contributed by atoms with E-state index in [0.29, 0.717) is 36.3 Å². The first-order valence-electron chi connectivity index (χ1n) is 9.44. The number of rotatable bonds is 7. The summed E-state index contributed by atoms with van der Waals surface area (Å²) in [5.74, 6) is 0.141. The molecule has 1 aliphatic rings. The minimum Gasteiger partial charge on any atom is -0.462 e. The van der Waals surface area contributed by atoms with E-state index in [1.807, 2.05) is 0 Å². The Kier molecular flexibility index (Phi) is 6.65. The second-order valence-corrected chi connectivity index (χ2v) is 6.59. The van der Waals surface area contributed by atoms with Crippen LogP contribution in [0.1, 0.15) is 65.7 Å². The maximum atomic E-state index is 12.3. The molecule has 144 valence electrons. The summed E-state index contributed by atoms with van der Waals surface area (Å²) < 4.78 is 16.4. The Morgan fingerprint density at radius 3 is 2.52 bits per heavy atom. The Bertz CT molecular complexity index is 759. The molecule has 0 bridgehead atoms. The summed E-state index contributed by atoms with van der Waals surface area (Å²) in [6.07, 6.45) is 6.19. The molecule has 1 amide bonds. The van der Waals surface area contributed by atoms with Crippen molar-refractivity contribution in [3.63, 3.8) is 0 Å². The number of amides is 1. The molecule has 1 aliphatic carbocycles. The molecular weight excluding hydrogens is 346 g/mol. The normalized spacial score (nSPS) is 14.7. The molecule has 0 aliphatic heterocycles. The van der Waals surface area contributed by atoms with Crippen molar-refractivity contribution in [2.24, 2.45) is 0 Å².